The maximum absolute atomic E-state index is 10.0. The molecule has 2 aliphatic rings. The summed E-state index contributed by atoms with van der Waals surface area (Å²) in [5.41, 5.74) is 3.46. The Kier molecular flexibility index (Phi) is 7.40. The lowest BCUT2D eigenvalue weighted by molar-refractivity contribution is 0.247. The molecule has 2 unspecified atom stereocenters. The van der Waals surface area contributed by atoms with Gasteiger partial charge < -0.3 is 24.2 Å². The molecule has 1 saturated heterocycles. The maximum atomic E-state index is 10.0. The monoisotopic (exact) mass is 491 g/mol. The standard InChI is InChI=1S/C29H33NO4S/c1-32-26-12-7-21(17-28(26)33-2)25-19-34-27-18-22(31)8-11-24(27)29(25)20-5-9-23(10-6-20)35-16-15-30-13-3-4-14-30/h5-12,17-18,25,29,31H,3-4,13-16,19H2,1-2H3. The van der Waals surface area contributed by atoms with Gasteiger partial charge in [-0.3, -0.25) is 0 Å². The highest BCUT2D eigenvalue weighted by Gasteiger charge is 2.34. The molecule has 5 rings (SSSR count). The van der Waals surface area contributed by atoms with Crippen LogP contribution in [-0.4, -0.2) is 56.2 Å². The van der Waals surface area contributed by atoms with Crippen LogP contribution in [0.4, 0.5) is 0 Å². The quantitative estimate of drug-likeness (QED) is 0.396. The van der Waals surface area contributed by atoms with E-state index in [0.717, 1.165) is 29.2 Å². The Morgan fingerprint density at radius 2 is 1.66 bits per heavy atom. The van der Waals surface area contributed by atoms with Gasteiger partial charge in [-0.1, -0.05) is 24.3 Å². The van der Waals surface area contributed by atoms with Crippen LogP contribution in [0, 0.1) is 0 Å². The molecule has 0 bridgehead atoms. The number of hydrogen-bond donors (Lipinski definition) is 1. The van der Waals surface area contributed by atoms with E-state index in [0.29, 0.717) is 18.1 Å². The molecular formula is C29H33NO4S. The fraction of sp³-hybridized carbons (Fsp3) is 0.379. The van der Waals surface area contributed by atoms with E-state index in [1.165, 1.54) is 36.4 Å². The molecule has 0 spiro atoms. The highest BCUT2D eigenvalue weighted by Crippen LogP contribution is 2.48. The zero-order valence-corrected chi connectivity index (χ0v) is 21.2. The number of thioether (sulfide) groups is 1. The Balaban J connectivity index is 1.42. The molecule has 2 heterocycles. The summed E-state index contributed by atoms with van der Waals surface area (Å²) >= 11 is 1.93. The molecule has 6 heteroatoms. The molecule has 1 fully saturated rings. The average molecular weight is 492 g/mol. The first-order valence-electron chi connectivity index (χ1n) is 12.3. The summed E-state index contributed by atoms with van der Waals surface area (Å²) in [5, 5.41) is 10.0. The van der Waals surface area contributed by atoms with Gasteiger partial charge in [-0.15, -0.1) is 11.8 Å². The highest BCUT2D eigenvalue weighted by atomic mass is 32.2. The predicted octanol–water partition coefficient (Wildman–Crippen LogP) is 5.91. The van der Waals surface area contributed by atoms with Gasteiger partial charge in [-0.25, -0.2) is 0 Å². The number of likely N-dealkylation sites (tertiary alicyclic amines) is 1. The van der Waals surface area contributed by atoms with Crippen LogP contribution in [-0.2, 0) is 0 Å². The van der Waals surface area contributed by atoms with Crippen molar-refractivity contribution in [3.8, 4) is 23.0 Å². The third kappa shape index (κ3) is 5.24. The number of fused-ring (bicyclic) bond motifs is 1. The van der Waals surface area contributed by atoms with Gasteiger partial charge in [0, 0.05) is 40.7 Å². The molecule has 0 aromatic heterocycles. The van der Waals surface area contributed by atoms with E-state index < -0.39 is 0 Å². The lowest BCUT2D eigenvalue weighted by Gasteiger charge is -2.35. The van der Waals surface area contributed by atoms with Gasteiger partial charge in [0.05, 0.1) is 20.8 Å². The maximum Gasteiger partial charge on any atom is 0.160 e. The third-order valence-electron chi connectivity index (χ3n) is 7.10. The molecule has 35 heavy (non-hydrogen) atoms. The molecule has 5 nitrogen and oxygen atoms in total. The number of phenols is 1. The van der Waals surface area contributed by atoms with Crippen molar-refractivity contribution in [2.75, 3.05) is 46.2 Å². The largest absolute Gasteiger partial charge is 0.508 e. The first-order chi connectivity index (χ1) is 17.2. The van der Waals surface area contributed by atoms with Crippen LogP contribution in [0.3, 0.4) is 0 Å². The molecule has 184 valence electrons. The fourth-order valence-electron chi connectivity index (χ4n) is 5.25. The van der Waals surface area contributed by atoms with Gasteiger partial charge in [0.1, 0.15) is 11.5 Å². The van der Waals surface area contributed by atoms with Crippen molar-refractivity contribution >= 4 is 11.8 Å². The molecular weight excluding hydrogens is 458 g/mol. The minimum absolute atomic E-state index is 0.0977. The van der Waals surface area contributed by atoms with Gasteiger partial charge in [-0.05, 0) is 67.4 Å². The molecule has 2 atom stereocenters. The second-order valence-electron chi connectivity index (χ2n) is 9.20. The van der Waals surface area contributed by atoms with E-state index >= 15 is 0 Å². The van der Waals surface area contributed by atoms with Crippen molar-refractivity contribution in [2.24, 2.45) is 0 Å². The Hall–Kier alpha value is -2.83. The lowest BCUT2D eigenvalue weighted by atomic mass is 9.76. The second kappa shape index (κ2) is 10.8. The zero-order chi connectivity index (χ0) is 24.2. The summed E-state index contributed by atoms with van der Waals surface area (Å²) in [5.74, 6) is 3.71. The van der Waals surface area contributed by atoms with Crippen molar-refractivity contribution in [3.63, 3.8) is 0 Å². The summed E-state index contributed by atoms with van der Waals surface area (Å²) < 4.78 is 17.2. The minimum atomic E-state index is 0.0977. The fourth-order valence-corrected chi connectivity index (χ4v) is 6.17. The van der Waals surface area contributed by atoms with Crippen molar-refractivity contribution in [1.82, 2.24) is 4.90 Å². The summed E-state index contributed by atoms with van der Waals surface area (Å²) in [7, 11) is 3.31. The summed E-state index contributed by atoms with van der Waals surface area (Å²) in [4.78, 5) is 3.86. The van der Waals surface area contributed by atoms with Crippen LogP contribution in [0.1, 0.15) is 41.4 Å². The number of hydrogen-bond acceptors (Lipinski definition) is 6. The van der Waals surface area contributed by atoms with Crippen LogP contribution >= 0.6 is 11.8 Å². The van der Waals surface area contributed by atoms with Gasteiger partial charge in [-0.2, -0.15) is 0 Å². The highest BCUT2D eigenvalue weighted by molar-refractivity contribution is 7.99. The Bertz CT molecular complexity index is 1140. The van der Waals surface area contributed by atoms with Crippen molar-refractivity contribution < 1.29 is 19.3 Å². The number of benzene rings is 3. The van der Waals surface area contributed by atoms with E-state index in [1.807, 2.05) is 30.0 Å². The molecule has 3 aromatic carbocycles. The predicted molar refractivity (Wildman–Crippen MR) is 141 cm³/mol. The van der Waals surface area contributed by atoms with E-state index in [9.17, 15) is 5.11 Å². The van der Waals surface area contributed by atoms with Crippen molar-refractivity contribution in [1.29, 1.82) is 0 Å². The molecule has 0 saturated carbocycles. The van der Waals surface area contributed by atoms with E-state index in [4.69, 9.17) is 14.2 Å². The number of nitrogens with zero attached hydrogens (tertiary/aromatic N) is 1. The van der Waals surface area contributed by atoms with Gasteiger partial charge in [0.2, 0.25) is 0 Å². The normalized spacial score (nSPS) is 19.7. The molecule has 1 N–H and O–H groups in total. The summed E-state index contributed by atoms with van der Waals surface area (Å²) in [6.45, 7) is 4.17. The number of methoxy groups -OCH3 is 2. The second-order valence-corrected chi connectivity index (χ2v) is 10.4. The van der Waals surface area contributed by atoms with Gasteiger partial charge in [0.15, 0.2) is 11.5 Å². The van der Waals surface area contributed by atoms with Crippen molar-refractivity contribution in [3.05, 3.63) is 77.4 Å². The Morgan fingerprint density at radius 3 is 2.40 bits per heavy atom. The topological polar surface area (TPSA) is 51.2 Å². The minimum Gasteiger partial charge on any atom is -0.508 e. The SMILES string of the molecule is COc1ccc(C2COc3cc(O)ccc3C2c2ccc(SCCN3CCCC3)cc2)cc1OC. The Labute approximate surface area is 212 Å². The summed E-state index contributed by atoms with van der Waals surface area (Å²) in [6.07, 6.45) is 2.68. The molecule has 3 aromatic rings. The van der Waals surface area contributed by atoms with Crippen LogP contribution in [0.5, 0.6) is 23.0 Å². The molecule has 0 aliphatic carbocycles. The molecule has 2 aliphatic heterocycles. The first kappa shape index (κ1) is 23.9. The first-order valence-corrected chi connectivity index (χ1v) is 13.3. The summed E-state index contributed by atoms with van der Waals surface area (Å²) in [6, 6.07) is 20.5. The van der Waals surface area contributed by atoms with E-state index in [-0.39, 0.29) is 17.6 Å². The number of phenolic OH excluding ortho intramolecular Hbond substituents is 1. The zero-order valence-electron chi connectivity index (χ0n) is 20.4. The third-order valence-corrected chi connectivity index (χ3v) is 8.10. The van der Waals surface area contributed by atoms with Crippen LogP contribution in [0.25, 0.3) is 0 Å². The molecule has 0 radical (unpaired) electrons. The average Bonchev–Trinajstić information content (AvgIpc) is 3.41. The number of rotatable bonds is 8. The van der Waals surface area contributed by atoms with Crippen LogP contribution in [0.2, 0.25) is 0 Å². The van der Waals surface area contributed by atoms with Gasteiger partial charge in [0.25, 0.3) is 0 Å². The van der Waals surface area contributed by atoms with Crippen LogP contribution < -0.4 is 14.2 Å². The van der Waals surface area contributed by atoms with E-state index in [2.05, 4.69) is 35.2 Å². The molecule has 0 amide bonds. The Morgan fingerprint density at radius 1 is 0.914 bits per heavy atom. The number of ether oxygens (including phenoxy) is 3. The smallest absolute Gasteiger partial charge is 0.160 e. The van der Waals surface area contributed by atoms with E-state index in [1.54, 1.807) is 26.4 Å². The van der Waals surface area contributed by atoms with Crippen molar-refractivity contribution in [2.45, 2.75) is 29.6 Å². The van der Waals surface area contributed by atoms with Crippen LogP contribution in [0.15, 0.2) is 65.6 Å². The van der Waals surface area contributed by atoms with Gasteiger partial charge >= 0.3 is 0 Å². The lowest BCUT2D eigenvalue weighted by Crippen LogP contribution is -2.25. The number of aromatic hydroxyl groups is 1.